The monoisotopic (exact) mass is 306 g/mol. The summed E-state index contributed by atoms with van der Waals surface area (Å²) in [5.74, 6) is 0.518. The van der Waals surface area contributed by atoms with E-state index in [9.17, 15) is 13.2 Å². The van der Waals surface area contributed by atoms with Gasteiger partial charge in [-0.2, -0.15) is 0 Å². The highest BCUT2D eigenvalue weighted by Gasteiger charge is 2.26. The molecule has 1 aromatic carbocycles. The fourth-order valence-electron chi connectivity index (χ4n) is 2.09. The number of benzene rings is 1. The van der Waals surface area contributed by atoms with Crippen LogP contribution in [0.5, 0.6) is 5.75 Å². The lowest BCUT2D eigenvalue weighted by atomic mass is 10.2. The summed E-state index contributed by atoms with van der Waals surface area (Å²) in [6.07, 6.45) is 6.20. The zero-order valence-corrected chi connectivity index (χ0v) is 12.7. The quantitative estimate of drug-likeness (QED) is 0.758. The topological polar surface area (TPSA) is 60.4 Å². The summed E-state index contributed by atoms with van der Waals surface area (Å²) in [6, 6.07) is 9.56. The standard InChI is InChI=1S/C16H18O4S/c1-21(18,19)16-12-13(11-15(16)17)7-5-6-10-20-14-8-3-2-4-9-14/h2-4,7-9,12H,5-6,10-11H2,1H3. The van der Waals surface area contributed by atoms with Crippen LogP contribution in [0.4, 0.5) is 0 Å². The lowest BCUT2D eigenvalue weighted by Crippen LogP contribution is -2.07. The van der Waals surface area contributed by atoms with Crippen molar-refractivity contribution in [3.8, 4) is 5.75 Å². The van der Waals surface area contributed by atoms with Gasteiger partial charge in [0.05, 0.1) is 6.61 Å². The summed E-state index contributed by atoms with van der Waals surface area (Å²) in [6.45, 7) is 0.588. The molecule has 1 aliphatic rings. The molecule has 0 N–H and O–H groups in total. The fourth-order valence-corrected chi connectivity index (χ4v) is 2.95. The molecule has 0 unspecified atom stereocenters. The van der Waals surface area contributed by atoms with Gasteiger partial charge in [0, 0.05) is 12.7 Å². The van der Waals surface area contributed by atoms with E-state index in [1.165, 1.54) is 6.08 Å². The maximum absolute atomic E-state index is 11.6. The van der Waals surface area contributed by atoms with Crippen LogP contribution in [0.3, 0.4) is 0 Å². The molecule has 0 spiro atoms. The number of sulfone groups is 1. The van der Waals surface area contributed by atoms with E-state index in [1.54, 1.807) is 0 Å². The number of carbonyl (C=O) groups is 1. The summed E-state index contributed by atoms with van der Waals surface area (Å²) < 4.78 is 28.3. The number of ether oxygens (including phenoxy) is 1. The number of rotatable bonds is 6. The molecule has 4 nitrogen and oxygen atoms in total. The van der Waals surface area contributed by atoms with Crippen LogP contribution in [-0.2, 0) is 14.6 Å². The number of hydrogen-bond acceptors (Lipinski definition) is 4. The van der Waals surface area contributed by atoms with Crippen molar-refractivity contribution in [1.82, 2.24) is 0 Å². The van der Waals surface area contributed by atoms with Crippen molar-refractivity contribution in [1.29, 1.82) is 0 Å². The predicted molar refractivity (Wildman–Crippen MR) is 81.8 cm³/mol. The molecule has 0 amide bonds. The number of allylic oxidation sites excluding steroid dienone is 4. The molecule has 0 heterocycles. The Bertz CT molecular complexity index is 669. The highest BCUT2D eigenvalue weighted by Crippen LogP contribution is 2.24. The Morgan fingerprint density at radius 1 is 1.24 bits per heavy atom. The number of para-hydroxylation sites is 1. The first-order valence-corrected chi connectivity index (χ1v) is 8.68. The molecule has 1 aromatic rings. The zero-order valence-electron chi connectivity index (χ0n) is 11.9. The number of carbonyl (C=O) groups excluding carboxylic acids is 1. The minimum atomic E-state index is -3.41. The van der Waals surface area contributed by atoms with Crippen molar-refractivity contribution in [2.75, 3.05) is 12.9 Å². The van der Waals surface area contributed by atoms with Crippen molar-refractivity contribution in [3.05, 3.63) is 53.0 Å². The average molecular weight is 306 g/mol. The maximum Gasteiger partial charge on any atom is 0.179 e. The molecule has 0 aromatic heterocycles. The Morgan fingerprint density at radius 3 is 2.57 bits per heavy atom. The molecule has 1 aliphatic carbocycles. The van der Waals surface area contributed by atoms with E-state index in [0.29, 0.717) is 6.61 Å². The summed E-state index contributed by atoms with van der Waals surface area (Å²) in [5.41, 5.74) is 0.778. The Morgan fingerprint density at radius 2 is 1.95 bits per heavy atom. The van der Waals surface area contributed by atoms with E-state index in [0.717, 1.165) is 30.4 Å². The third kappa shape index (κ3) is 4.56. The SMILES string of the molecule is CS(=O)(=O)C1=CC(=CCCCOc2ccccc2)CC1=O. The van der Waals surface area contributed by atoms with Crippen LogP contribution in [0, 0.1) is 0 Å². The lowest BCUT2D eigenvalue weighted by molar-refractivity contribution is -0.113. The second kappa shape index (κ2) is 6.72. The Hall–Kier alpha value is -1.88. The second-order valence-corrected chi connectivity index (χ2v) is 6.95. The van der Waals surface area contributed by atoms with E-state index >= 15 is 0 Å². The molecule has 0 radical (unpaired) electrons. The van der Waals surface area contributed by atoms with Crippen LogP contribution in [0.1, 0.15) is 19.3 Å². The molecule has 112 valence electrons. The predicted octanol–water partition coefficient (Wildman–Crippen LogP) is 2.67. The average Bonchev–Trinajstić information content (AvgIpc) is 2.81. The minimum absolute atomic E-state index is 0.0747. The van der Waals surface area contributed by atoms with Gasteiger partial charge in [-0.05, 0) is 36.6 Å². The summed E-state index contributed by atoms with van der Waals surface area (Å²) in [7, 11) is -3.41. The van der Waals surface area contributed by atoms with Crippen LogP contribution < -0.4 is 4.74 Å². The van der Waals surface area contributed by atoms with Crippen LogP contribution >= 0.6 is 0 Å². The molecule has 0 saturated heterocycles. The minimum Gasteiger partial charge on any atom is -0.494 e. The molecule has 0 saturated carbocycles. The van der Waals surface area contributed by atoms with Crippen LogP contribution in [0.15, 0.2) is 53.0 Å². The lowest BCUT2D eigenvalue weighted by Gasteiger charge is -2.04. The Balaban J connectivity index is 1.81. The van der Waals surface area contributed by atoms with Crippen molar-refractivity contribution in [2.24, 2.45) is 0 Å². The molecular formula is C16H18O4S. The van der Waals surface area contributed by atoms with Gasteiger partial charge in [0.1, 0.15) is 10.7 Å². The van der Waals surface area contributed by atoms with E-state index < -0.39 is 9.84 Å². The van der Waals surface area contributed by atoms with Gasteiger partial charge in [-0.3, -0.25) is 4.79 Å². The van der Waals surface area contributed by atoms with Gasteiger partial charge in [0.15, 0.2) is 15.6 Å². The van der Waals surface area contributed by atoms with E-state index in [-0.39, 0.29) is 17.1 Å². The number of unbranched alkanes of at least 4 members (excludes halogenated alkanes) is 1. The molecule has 0 bridgehead atoms. The van der Waals surface area contributed by atoms with Gasteiger partial charge >= 0.3 is 0 Å². The largest absolute Gasteiger partial charge is 0.494 e. The van der Waals surface area contributed by atoms with Crippen LogP contribution in [0.2, 0.25) is 0 Å². The van der Waals surface area contributed by atoms with Gasteiger partial charge in [0.2, 0.25) is 0 Å². The molecule has 0 aliphatic heterocycles. The summed E-state index contributed by atoms with van der Waals surface area (Å²) >= 11 is 0. The van der Waals surface area contributed by atoms with E-state index in [1.807, 2.05) is 36.4 Å². The molecule has 0 atom stereocenters. The van der Waals surface area contributed by atoms with Crippen molar-refractivity contribution >= 4 is 15.6 Å². The maximum atomic E-state index is 11.6. The Labute approximate surface area is 125 Å². The van der Waals surface area contributed by atoms with Gasteiger partial charge < -0.3 is 4.74 Å². The zero-order chi connectivity index (χ0) is 15.3. The number of ketones is 1. The third-order valence-corrected chi connectivity index (χ3v) is 4.27. The molecule has 0 fully saturated rings. The number of hydrogen-bond donors (Lipinski definition) is 0. The third-order valence-electron chi connectivity index (χ3n) is 3.12. The molecule has 2 rings (SSSR count). The van der Waals surface area contributed by atoms with Crippen LogP contribution in [-0.4, -0.2) is 27.1 Å². The highest BCUT2D eigenvalue weighted by molar-refractivity contribution is 7.95. The Kier molecular flexibility index (Phi) is 4.96. The normalized spacial score (nSPS) is 17.1. The van der Waals surface area contributed by atoms with Crippen molar-refractivity contribution < 1.29 is 17.9 Å². The summed E-state index contributed by atoms with van der Waals surface area (Å²) in [4.78, 5) is 11.5. The smallest absolute Gasteiger partial charge is 0.179 e. The van der Waals surface area contributed by atoms with Crippen molar-refractivity contribution in [3.63, 3.8) is 0 Å². The van der Waals surface area contributed by atoms with Gasteiger partial charge in [-0.15, -0.1) is 0 Å². The van der Waals surface area contributed by atoms with E-state index in [2.05, 4.69) is 0 Å². The van der Waals surface area contributed by atoms with Crippen LogP contribution in [0.25, 0.3) is 0 Å². The second-order valence-electron chi connectivity index (χ2n) is 4.96. The molecule has 5 heteroatoms. The van der Waals surface area contributed by atoms with Crippen molar-refractivity contribution in [2.45, 2.75) is 19.3 Å². The van der Waals surface area contributed by atoms with Gasteiger partial charge in [-0.25, -0.2) is 8.42 Å². The van der Waals surface area contributed by atoms with Gasteiger partial charge in [0.25, 0.3) is 0 Å². The summed E-state index contributed by atoms with van der Waals surface area (Å²) in [5, 5.41) is 0. The number of Topliss-reactive ketones (excluding diaryl/α,β-unsaturated/α-hetero) is 1. The molecule has 21 heavy (non-hydrogen) atoms. The van der Waals surface area contributed by atoms with E-state index in [4.69, 9.17) is 4.74 Å². The fraction of sp³-hybridized carbons (Fsp3) is 0.312. The first kappa shape index (κ1) is 15.5. The first-order valence-electron chi connectivity index (χ1n) is 6.78. The highest BCUT2D eigenvalue weighted by atomic mass is 32.2. The molecular weight excluding hydrogens is 288 g/mol. The van der Waals surface area contributed by atoms with Gasteiger partial charge in [-0.1, -0.05) is 24.3 Å². The first-order chi connectivity index (χ1) is 9.97.